The van der Waals surface area contributed by atoms with Gasteiger partial charge in [-0.1, -0.05) is 30.8 Å². The summed E-state index contributed by atoms with van der Waals surface area (Å²) in [7, 11) is 0. The second-order valence-electron chi connectivity index (χ2n) is 10.6. The highest BCUT2D eigenvalue weighted by atomic mass is 19.1. The maximum absolute atomic E-state index is 13.2. The molecule has 3 aromatic rings. The van der Waals surface area contributed by atoms with Crippen LogP contribution in [0.15, 0.2) is 73.4 Å². The minimum atomic E-state index is -0.209. The van der Waals surface area contributed by atoms with Gasteiger partial charge in [-0.25, -0.2) is 4.39 Å². The van der Waals surface area contributed by atoms with Gasteiger partial charge in [0.05, 0.1) is 11.6 Å². The molecule has 2 saturated heterocycles. The number of carbonyl (C=O) groups is 1. The van der Waals surface area contributed by atoms with Crippen molar-refractivity contribution in [3.05, 3.63) is 107 Å². The topological polar surface area (TPSA) is 75.5 Å². The first-order valence-electron chi connectivity index (χ1n) is 13.9. The number of piperidine rings is 1. The van der Waals surface area contributed by atoms with Crippen molar-refractivity contribution in [3.8, 4) is 6.07 Å². The minimum absolute atomic E-state index is 0.132. The first kappa shape index (κ1) is 27.5. The van der Waals surface area contributed by atoms with Crippen LogP contribution in [0.5, 0.6) is 0 Å². The molecular formula is C32H35FN6O. The van der Waals surface area contributed by atoms with Gasteiger partial charge >= 0.3 is 0 Å². The second kappa shape index (κ2) is 12.9. The van der Waals surface area contributed by atoms with Crippen LogP contribution in [0.2, 0.25) is 0 Å². The second-order valence-corrected chi connectivity index (χ2v) is 10.6. The zero-order valence-corrected chi connectivity index (χ0v) is 22.7. The molecule has 8 heteroatoms. The number of halogens is 1. The molecule has 1 amide bonds. The number of aromatic nitrogens is 1. The lowest BCUT2D eigenvalue weighted by molar-refractivity contribution is 0.0904. The Balaban J connectivity index is 1.05. The van der Waals surface area contributed by atoms with Gasteiger partial charge < -0.3 is 10.2 Å². The van der Waals surface area contributed by atoms with Crippen LogP contribution in [0.1, 0.15) is 45.6 Å². The van der Waals surface area contributed by atoms with E-state index in [-0.39, 0.29) is 17.8 Å². The van der Waals surface area contributed by atoms with Gasteiger partial charge in [0.1, 0.15) is 11.5 Å². The van der Waals surface area contributed by atoms with E-state index in [0.29, 0.717) is 11.3 Å². The molecule has 0 radical (unpaired) electrons. The lowest BCUT2D eigenvalue weighted by atomic mass is 10.0. The summed E-state index contributed by atoms with van der Waals surface area (Å²) in [4.78, 5) is 24.3. The Labute approximate surface area is 235 Å². The fourth-order valence-electron chi connectivity index (χ4n) is 5.34. The third-order valence-electron chi connectivity index (χ3n) is 7.81. The molecule has 0 aliphatic carbocycles. The number of pyridine rings is 1. The summed E-state index contributed by atoms with van der Waals surface area (Å²) >= 11 is 0. The summed E-state index contributed by atoms with van der Waals surface area (Å²) in [5, 5.41) is 12.1. The van der Waals surface area contributed by atoms with Crippen molar-refractivity contribution in [2.75, 3.05) is 39.3 Å². The van der Waals surface area contributed by atoms with E-state index in [4.69, 9.17) is 5.26 Å². The van der Waals surface area contributed by atoms with E-state index in [9.17, 15) is 9.18 Å². The van der Waals surface area contributed by atoms with Crippen LogP contribution in [0.25, 0.3) is 5.70 Å². The number of nitrogens with zero attached hydrogens (tertiary/aromatic N) is 5. The number of amides is 1. The fourth-order valence-corrected chi connectivity index (χ4v) is 5.34. The van der Waals surface area contributed by atoms with Crippen LogP contribution in [0.4, 0.5) is 4.39 Å². The van der Waals surface area contributed by atoms with E-state index >= 15 is 0 Å². The largest absolute Gasteiger partial charge is 0.369 e. The third kappa shape index (κ3) is 7.12. The van der Waals surface area contributed by atoms with Crippen molar-refractivity contribution >= 4 is 11.6 Å². The Bertz CT molecular complexity index is 1330. The Morgan fingerprint density at radius 3 is 2.08 bits per heavy atom. The maximum Gasteiger partial charge on any atom is 0.270 e. The van der Waals surface area contributed by atoms with Crippen LogP contribution >= 0.6 is 0 Å². The van der Waals surface area contributed by atoms with E-state index in [2.05, 4.69) is 37.6 Å². The number of benzene rings is 2. The fraction of sp³-hybridized carbons (Fsp3) is 0.344. The van der Waals surface area contributed by atoms with Gasteiger partial charge in [0.2, 0.25) is 0 Å². The average molecular weight is 539 g/mol. The highest BCUT2D eigenvalue weighted by Crippen LogP contribution is 2.20. The monoisotopic (exact) mass is 538 g/mol. The zero-order chi connectivity index (χ0) is 27.9. The lowest BCUT2D eigenvalue weighted by Gasteiger charge is -2.37. The molecule has 2 aliphatic heterocycles. The van der Waals surface area contributed by atoms with E-state index < -0.39 is 0 Å². The molecule has 2 aromatic carbocycles. The molecule has 2 fully saturated rings. The molecule has 1 aromatic heterocycles. The molecule has 2 aliphatic rings. The number of nitriles is 1. The molecule has 7 nitrogen and oxygen atoms in total. The Kier molecular flexibility index (Phi) is 8.84. The molecule has 0 spiro atoms. The van der Waals surface area contributed by atoms with Crippen molar-refractivity contribution in [3.63, 3.8) is 0 Å². The molecule has 40 heavy (non-hydrogen) atoms. The quantitative estimate of drug-likeness (QED) is 0.462. The molecule has 0 unspecified atom stereocenters. The Morgan fingerprint density at radius 2 is 1.50 bits per heavy atom. The summed E-state index contributed by atoms with van der Waals surface area (Å²) in [5.74, 6) is -0.350. The smallest absolute Gasteiger partial charge is 0.270 e. The Hall–Kier alpha value is -4.06. The molecule has 1 N–H and O–H groups in total. The third-order valence-corrected chi connectivity index (χ3v) is 7.81. The zero-order valence-electron chi connectivity index (χ0n) is 22.7. The standard InChI is InChI=1S/C32H35FN6O/c1-24(39-18-16-38(17-19-39)23-27-6-9-29(33)10-7-27)28-8-11-31(35-21-28)32(40)36-30-12-14-37(15-13-30)22-26-4-2-25(20-34)3-5-26/h2-11,21,30H,1,12-19,22-23H2,(H,36,40). The number of carbonyl (C=O) groups excluding carboxylic acids is 1. The highest BCUT2D eigenvalue weighted by molar-refractivity contribution is 5.92. The summed E-state index contributed by atoms with van der Waals surface area (Å²) < 4.78 is 13.2. The van der Waals surface area contributed by atoms with Gasteiger partial charge in [0, 0.05) is 75.9 Å². The van der Waals surface area contributed by atoms with Gasteiger partial charge in [-0.05, 0) is 60.4 Å². The number of likely N-dealkylation sites (tertiary alicyclic amines) is 1. The number of piperazine rings is 1. The summed E-state index contributed by atoms with van der Waals surface area (Å²) in [6.07, 6.45) is 3.52. The van der Waals surface area contributed by atoms with Crippen LogP contribution in [0, 0.1) is 17.1 Å². The van der Waals surface area contributed by atoms with E-state index in [1.54, 1.807) is 12.3 Å². The maximum atomic E-state index is 13.2. The summed E-state index contributed by atoms with van der Waals surface area (Å²) in [6, 6.07) is 20.4. The highest BCUT2D eigenvalue weighted by Gasteiger charge is 2.23. The van der Waals surface area contributed by atoms with Crippen LogP contribution in [-0.4, -0.2) is 70.9 Å². The lowest BCUT2D eigenvalue weighted by Crippen LogP contribution is -2.45. The predicted molar refractivity (Wildman–Crippen MR) is 153 cm³/mol. The first-order chi connectivity index (χ1) is 19.5. The number of hydrogen-bond donors (Lipinski definition) is 1. The number of nitrogens with one attached hydrogen (secondary N) is 1. The first-order valence-corrected chi connectivity index (χ1v) is 13.9. The van der Waals surface area contributed by atoms with Gasteiger partial charge in [0.25, 0.3) is 5.91 Å². The average Bonchev–Trinajstić information content (AvgIpc) is 3.00. The van der Waals surface area contributed by atoms with Crippen molar-refractivity contribution in [1.82, 2.24) is 25.0 Å². The van der Waals surface area contributed by atoms with Gasteiger partial charge in [0.15, 0.2) is 0 Å². The van der Waals surface area contributed by atoms with Crippen LogP contribution < -0.4 is 5.32 Å². The van der Waals surface area contributed by atoms with Crippen molar-refractivity contribution in [2.45, 2.75) is 32.0 Å². The van der Waals surface area contributed by atoms with E-state index in [1.165, 1.54) is 17.7 Å². The molecule has 3 heterocycles. The van der Waals surface area contributed by atoms with Gasteiger partial charge in [-0.2, -0.15) is 5.26 Å². The molecule has 0 atom stereocenters. The number of hydrogen-bond acceptors (Lipinski definition) is 6. The number of rotatable bonds is 8. The summed E-state index contributed by atoms with van der Waals surface area (Å²) in [5.41, 5.74) is 5.23. The molecule has 0 saturated carbocycles. The molecule has 5 rings (SSSR count). The molecular weight excluding hydrogens is 503 g/mol. The minimum Gasteiger partial charge on any atom is -0.369 e. The SMILES string of the molecule is C=C(c1ccc(C(=O)NC2CCN(Cc3ccc(C#N)cc3)CC2)nc1)N1CCN(Cc2ccc(F)cc2)CC1. The molecule has 0 bridgehead atoms. The van der Waals surface area contributed by atoms with Gasteiger partial charge in [-0.15, -0.1) is 0 Å². The van der Waals surface area contributed by atoms with Crippen molar-refractivity contribution in [2.24, 2.45) is 0 Å². The van der Waals surface area contributed by atoms with Crippen LogP contribution in [-0.2, 0) is 13.1 Å². The Morgan fingerprint density at radius 1 is 0.900 bits per heavy atom. The van der Waals surface area contributed by atoms with Crippen LogP contribution in [0.3, 0.4) is 0 Å². The van der Waals surface area contributed by atoms with E-state index in [0.717, 1.165) is 82.0 Å². The van der Waals surface area contributed by atoms with Crippen molar-refractivity contribution < 1.29 is 9.18 Å². The van der Waals surface area contributed by atoms with Gasteiger partial charge in [-0.3, -0.25) is 19.6 Å². The molecule has 206 valence electrons. The normalized spacial score (nSPS) is 16.9. The van der Waals surface area contributed by atoms with Crippen molar-refractivity contribution in [1.29, 1.82) is 5.26 Å². The summed E-state index contributed by atoms with van der Waals surface area (Å²) in [6.45, 7) is 11.3. The van der Waals surface area contributed by atoms with E-state index in [1.807, 2.05) is 42.5 Å². The predicted octanol–water partition coefficient (Wildman–Crippen LogP) is 4.28.